The largest absolute Gasteiger partial charge is 0.301 e. The fourth-order valence-corrected chi connectivity index (χ4v) is 5.66. The first-order valence-corrected chi connectivity index (χ1v) is 10.6. The van der Waals surface area contributed by atoms with E-state index in [2.05, 4.69) is 71.7 Å². The van der Waals surface area contributed by atoms with E-state index in [1.807, 2.05) is 12.4 Å². The average molecular weight is 396 g/mol. The third kappa shape index (κ3) is 2.79. The second-order valence-electron chi connectivity index (χ2n) is 8.86. The Labute approximate surface area is 177 Å². The second-order valence-corrected chi connectivity index (χ2v) is 8.86. The molecule has 150 valence electrons. The van der Waals surface area contributed by atoms with Crippen molar-refractivity contribution in [3.63, 3.8) is 0 Å². The van der Waals surface area contributed by atoms with Gasteiger partial charge in [0.25, 0.3) is 0 Å². The fourth-order valence-electron chi connectivity index (χ4n) is 5.66. The molecular weight excluding hydrogens is 370 g/mol. The van der Waals surface area contributed by atoms with Gasteiger partial charge in [-0.05, 0) is 55.7 Å². The van der Waals surface area contributed by atoms with Crippen molar-refractivity contribution in [2.45, 2.75) is 45.4 Å². The third-order valence-corrected chi connectivity index (χ3v) is 6.96. The van der Waals surface area contributed by atoms with Crippen LogP contribution in [-0.2, 0) is 11.8 Å². The molecule has 2 aromatic heterocycles. The predicted molar refractivity (Wildman–Crippen MR) is 116 cm³/mol. The molecular formula is C25H25N5. The maximum absolute atomic E-state index is 9.58. The van der Waals surface area contributed by atoms with Gasteiger partial charge >= 0.3 is 0 Å². The van der Waals surface area contributed by atoms with Gasteiger partial charge in [0.1, 0.15) is 12.2 Å². The zero-order valence-corrected chi connectivity index (χ0v) is 17.6. The molecule has 5 rings (SSSR count). The lowest BCUT2D eigenvalue weighted by atomic mass is 9.59. The van der Waals surface area contributed by atoms with Crippen LogP contribution in [0.4, 0.5) is 0 Å². The van der Waals surface area contributed by atoms with Crippen LogP contribution in [0.1, 0.15) is 43.9 Å². The monoisotopic (exact) mass is 395 g/mol. The average Bonchev–Trinajstić information content (AvgIpc) is 3.11. The number of nitriles is 1. The Kier molecular flexibility index (Phi) is 4.32. The Balaban J connectivity index is 1.65. The minimum Gasteiger partial charge on any atom is -0.301 e. The molecule has 5 heteroatoms. The van der Waals surface area contributed by atoms with Crippen molar-refractivity contribution in [1.82, 2.24) is 19.5 Å². The van der Waals surface area contributed by atoms with Gasteiger partial charge in [-0.3, -0.25) is 0 Å². The van der Waals surface area contributed by atoms with E-state index in [1.54, 1.807) is 6.33 Å². The van der Waals surface area contributed by atoms with E-state index in [-0.39, 0.29) is 5.41 Å². The van der Waals surface area contributed by atoms with E-state index in [0.717, 1.165) is 53.2 Å². The van der Waals surface area contributed by atoms with Crippen LogP contribution in [0.2, 0.25) is 0 Å². The number of aromatic nitrogens is 4. The molecule has 0 aliphatic heterocycles. The molecule has 2 heterocycles. The van der Waals surface area contributed by atoms with E-state index in [0.29, 0.717) is 11.8 Å². The van der Waals surface area contributed by atoms with Crippen LogP contribution in [0.3, 0.4) is 0 Å². The molecule has 2 aliphatic rings. The molecule has 2 aliphatic carbocycles. The molecule has 0 saturated carbocycles. The van der Waals surface area contributed by atoms with Crippen LogP contribution in [-0.4, -0.2) is 19.5 Å². The number of aryl methyl sites for hydroxylation is 1. The summed E-state index contributed by atoms with van der Waals surface area (Å²) in [5, 5.41) is 9.58. The summed E-state index contributed by atoms with van der Waals surface area (Å²) in [7, 11) is 0. The summed E-state index contributed by atoms with van der Waals surface area (Å²) in [6.07, 6.45) is 10.4. The Morgan fingerprint density at radius 1 is 1.20 bits per heavy atom. The zero-order chi connectivity index (χ0) is 20.9. The molecule has 0 unspecified atom stereocenters. The maximum atomic E-state index is 9.58. The summed E-state index contributed by atoms with van der Waals surface area (Å²) >= 11 is 0. The highest BCUT2D eigenvalue weighted by Gasteiger charge is 2.47. The van der Waals surface area contributed by atoms with Crippen molar-refractivity contribution < 1.29 is 0 Å². The lowest BCUT2D eigenvalue weighted by Gasteiger charge is -2.45. The molecule has 1 aromatic carbocycles. The summed E-state index contributed by atoms with van der Waals surface area (Å²) in [5.74, 6) is 2.01. The van der Waals surface area contributed by atoms with E-state index in [1.165, 1.54) is 5.69 Å². The minimum absolute atomic E-state index is 0.183. The van der Waals surface area contributed by atoms with Crippen LogP contribution < -0.4 is 0 Å². The molecule has 0 spiro atoms. The van der Waals surface area contributed by atoms with Gasteiger partial charge in [-0.25, -0.2) is 15.0 Å². The van der Waals surface area contributed by atoms with Crippen molar-refractivity contribution in [2.75, 3.05) is 0 Å². The van der Waals surface area contributed by atoms with Gasteiger partial charge in [-0.1, -0.05) is 32.1 Å². The van der Waals surface area contributed by atoms with E-state index in [4.69, 9.17) is 4.98 Å². The number of fused-ring (bicyclic) bond motifs is 3. The molecule has 0 N–H and O–H groups in total. The van der Waals surface area contributed by atoms with Crippen molar-refractivity contribution in [3.05, 3.63) is 71.8 Å². The standard InChI is InChI=1S/C25H25N5/c1-16-9-18(12-26)11-25(3)22(16)7-8-23-24(25)29-17(2)30(23)21-6-4-5-19(10-21)20-13-27-15-28-14-20/h4-6,10-11,13-16,22H,7-9H2,1-3H3/t16-,22+,25+/m1/s1. The summed E-state index contributed by atoms with van der Waals surface area (Å²) in [6.45, 7) is 6.64. The zero-order valence-electron chi connectivity index (χ0n) is 17.6. The van der Waals surface area contributed by atoms with Crippen LogP contribution >= 0.6 is 0 Å². The first kappa shape index (κ1) is 18.7. The van der Waals surface area contributed by atoms with Gasteiger partial charge < -0.3 is 4.57 Å². The number of imidazole rings is 1. The van der Waals surface area contributed by atoms with Crippen molar-refractivity contribution in [1.29, 1.82) is 5.26 Å². The van der Waals surface area contributed by atoms with Crippen LogP contribution in [0, 0.1) is 30.1 Å². The van der Waals surface area contributed by atoms with E-state index >= 15 is 0 Å². The van der Waals surface area contributed by atoms with Crippen molar-refractivity contribution in [2.24, 2.45) is 11.8 Å². The third-order valence-electron chi connectivity index (χ3n) is 6.96. The van der Waals surface area contributed by atoms with Crippen LogP contribution in [0.25, 0.3) is 16.8 Å². The normalized spacial score (nSPS) is 25.1. The molecule has 3 aromatic rings. The predicted octanol–water partition coefficient (Wildman–Crippen LogP) is 4.95. The first-order valence-electron chi connectivity index (χ1n) is 10.6. The van der Waals surface area contributed by atoms with Gasteiger partial charge in [-0.2, -0.15) is 5.26 Å². The number of hydrogen-bond acceptors (Lipinski definition) is 4. The minimum atomic E-state index is -0.183. The van der Waals surface area contributed by atoms with Crippen LogP contribution in [0.5, 0.6) is 0 Å². The van der Waals surface area contributed by atoms with Gasteiger partial charge in [-0.15, -0.1) is 0 Å². The fraction of sp³-hybridized carbons (Fsp3) is 0.360. The van der Waals surface area contributed by atoms with Crippen LogP contribution in [0.15, 0.2) is 54.6 Å². The molecule has 0 radical (unpaired) electrons. The molecule has 3 atom stereocenters. The number of nitrogens with zero attached hydrogens (tertiary/aromatic N) is 5. The SMILES string of the molecule is Cc1nc2c(n1-c1cccc(-c3cncnc3)c1)CC[C@H]1[C@H](C)CC(C#N)=C[C@]21C. The quantitative estimate of drug-likeness (QED) is 0.616. The summed E-state index contributed by atoms with van der Waals surface area (Å²) < 4.78 is 2.29. The maximum Gasteiger partial charge on any atom is 0.115 e. The molecule has 5 nitrogen and oxygen atoms in total. The number of allylic oxidation sites excluding steroid dienone is 2. The number of benzene rings is 1. The van der Waals surface area contributed by atoms with Gasteiger partial charge in [0.15, 0.2) is 0 Å². The molecule has 0 bridgehead atoms. The van der Waals surface area contributed by atoms with Gasteiger partial charge in [0.2, 0.25) is 0 Å². The Bertz CT molecular complexity index is 1180. The number of rotatable bonds is 2. The van der Waals surface area contributed by atoms with Gasteiger partial charge in [0.05, 0.1) is 11.8 Å². The van der Waals surface area contributed by atoms with Gasteiger partial charge in [0, 0.05) is 40.3 Å². The first-order chi connectivity index (χ1) is 14.5. The van der Waals surface area contributed by atoms with Crippen molar-refractivity contribution in [3.8, 4) is 22.9 Å². The lowest BCUT2D eigenvalue weighted by molar-refractivity contribution is 0.200. The van der Waals surface area contributed by atoms with E-state index in [9.17, 15) is 5.26 Å². The summed E-state index contributed by atoms with van der Waals surface area (Å²) in [6, 6.07) is 10.9. The summed E-state index contributed by atoms with van der Waals surface area (Å²) in [5.41, 5.74) is 6.33. The Hall–Kier alpha value is -3.26. The number of hydrogen-bond donors (Lipinski definition) is 0. The Morgan fingerprint density at radius 2 is 2.00 bits per heavy atom. The Morgan fingerprint density at radius 3 is 2.77 bits per heavy atom. The second kappa shape index (κ2) is 6.91. The molecule has 0 amide bonds. The highest BCUT2D eigenvalue weighted by Crippen LogP contribution is 2.50. The molecule has 0 saturated heterocycles. The highest BCUT2D eigenvalue weighted by atomic mass is 15.1. The van der Waals surface area contributed by atoms with E-state index < -0.39 is 0 Å². The topological polar surface area (TPSA) is 67.4 Å². The molecule has 0 fully saturated rings. The van der Waals surface area contributed by atoms with Crippen molar-refractivity contribution >= 4 is 0 Å². The lowest BCUT2D eigenvalue weighted by Crippen LogP contribution is -2.42. The highest BCUT2D eigenvalue weighted by molar-refractivity contribution is 5.64. The summed E-state index contributed by atoms with van der Waals surface area (Å²) in [4.78, 5) is 13.4. The molecule has 30 heavy (non-hydrogen) atoms. The smallest absolute Gasteiger partial charge is 0.115 e.